The third-order valence-electron chi connectivity index (χ3n) is 3.96. The van der Waals surface area contributed by atoms with Crippen molar-refractivity contribution >= 4 is 28.4 Å². The summed E-state index contributed by atoms with van der Waals surface area (Å²) in [6.07, 6.45) is 2.38. The smallest absolute Gasteiger partial charge is 0.282 e. The molecule has 0 fully saturated rings. The summed E-state index contributed by atoms with van der Waals surface area (Å²) in [7, 11) is 0. The quantitative estimate of drug-likeness (QED) is 0.559. The SMILES string of the molecule is CCc1nc2nnc3c(=O)n(-c4cccc(Cl)c4C)ccc3n2n1. The summed E-state index contributed by atoms with van der Waals surface area (Å²) in [6, 6.07) is 7.22. The van der Waals surface area contributed by atoms with Crippen molar-refractivity contribution in [3.05, 3.63) is 57.2 Å². The normalized spacial score (nSPS) is 11.5. The van der Waals surface area contributed by atoms with Gasteiger partial charge in [-0.15, -0.1) is 15.3 Å². The van der Waals surface area contributed by atoms with Gasteiger partial charge in [-0.2, -0.15) is 9.50 Å². The molecule has 0 N–H and O–H groups in total. The maximum atomic E-state index is 12.9. The maximum absolute atomic E-state index is 12.9. The molecule has 0 aliphatic rings. The molecule has 0 aliphatic carbocycles. The molecule has 3 aromatic heterocycles. The van der Waals surface area contributed by atoms with Gasteiger partial charge >= 0.3 is 0 Å². The van der Waals surface area contributed by atoms with E-state index in [4.69, 9.17) is 11.6 Å². The average molecular weight is 341 g/mol. The fourth-order valence-corrected chi connectivity index (χ4v) is 2.81. The van der Waals surface area contributed by atoms with Gasteiger partial charge in [0, 0.05) is 17.6 Å². The van der Waals surface area contributed by atoms with E-state index < -0.39 is 0 Å². The Bertz CT molecular complexity index is 1150. The lowest BCUT2D eigenvalue weighted by Crippen LogP contribution is -2.21. The van der Waals surface area contributed by atoms with Crippen LogP contribution in [-0.4, -0.2) is 29.4 Å². The minimum absolute atomic E-state index is 0.233. The van der Waals surface area contributed by atoms with Crippen LogP contribution in [0.3, 0.4) is 0 Å². The number of aryl methyl sites for hydroxylation is 1. The largest absolute Gasteiger partial charge is 0.285 e. The van der Waals surface area contributed by atoms with Crippen LogP contribution in [0, 0.1) is 6.92 Å². The van der Waals surface area contributed by atoms with E-state index in [-0.39, 0.29) is 11.1 Å². The second kappa shape index (κ2) is 5.38. The molecule has 3 heterocycles. The van der Waals surface area contributed by atoms with Crippen LogP contribution in [0.4, 0.5) is 0 Å². The van der Waals surface area contributed by atoms with Gasteiger partial charge in [-0.25, -0.2) is 0 Å². The third kappa shape index (κ3) is 2.09. The van der Waals surface area contributed by atoms with Gasteiger partial charge < -0.3 is 0 Å². The first-order valence-electron chi connectivity index (χ1n) is 7.49. The lowest BCUT2D eigenvalue weighted by Gasteiger charge is -2.10. The summed E-state index contributed by atoms with van der Waals surface area (Å²) in [4.78, 5) is 17.1. The molecule has 8 heteroatoms. The monoisotopic (exact) mass is 340 g/mol. The van der Waals surface area contributed by atoms with E-state index in [2.05, 4.69) is 20.3 Å². The summed E-state index contributed by atoms with van der Waals surface area (Å²) in [5, 5.41) is 13.0. The molecule has 0 aliphatic heterocycles. The zero-order chi connectivity index (χ0) is 16.8. The van der Waals surface area contributed by atoms with Crippen molar-refractivity contribution in [1.29, 1.82) is 0 Å². The lowest BCUT2D eigenvalue weighted by atomic mass is 10.2. The van der Waals surface area contributed by atoms with Crippen molar-refractivity contribution in [3.63, 3.8) is 0 Å². The van der Waals surface area contributed by atoms with Crippen LogP contribution in [0.5, 0.6) is 0 Å². The highest BCUT2D eigenvalue weighted by atomic mass is 35.5. The highest BCUT2D eigenvalue weighted by Crippen LogP contribution is 2.21. The second-order valence-electron chi connectivity index (χ2n) is 5.40. The van der Waals surface area contributed by atoms with Crippen molar-refractivity contribution in [2.45, 2.75) is 20.3 Å². The molecule has 0 saturated carbocycles. The molecule has 0 saturated heterocycles. The van der Waals surface area contributed by atoms with Gasteiger partial charge in [-0.1, -0.05) is 24.6 Å². The van der Waals surface area contributed by atoms with Gasteiger partial charge in [-0.3, -0.25) is 9.36 Å². The number of hydrogen-bond donors (Lipinski definition) is 0. The number of hydrogen-bond acceptors (Lipinski definition) is 5. The van der Waals surface area contributed by atoms with Crippen LogP contribution < -0.4 is 5.56 Å². The highest BCUT2D eigenvalue weighted by molar-refractivity contribution is 6.31. The number of benzene rings is 1. The van der Waals surface area contributed by atoms with E-state index in [0.717, 1.165) is 5.56 Å². The minimum Gasteiger partial charge on any atom is -0.282 e. The summed E-state index contributed by atoms with van der Waals surface area (Å²) in [5.41, 5.74) is 2.07. The number of pyridine rings is 1. The van der Waals surface area contributed by atoms with E-state index >= 15 is 0 Å². The molecule has 4 rings (SSSR count). The van der Waals surface area contributed by atoms with Crippen molar-refractivity contribution in [1.82, 2.24) is 29.4 Å². The molecule has 24 heavy (non-hydrogen) atoms. The Hall–Kier alpha value is -2.80. The van der Waals surface area contributed by atoms with Gasteiger partial charge in [0.1, 0.15) is 5.52 Å². The second-order valence-corrected chi connectivity index (χ2v) is 5.81. The Balaban J connectivity index is 2.04. The number of rotatable bonds is 2. The van der Waals surface area contributed by atoms with Crippen molar-refractivity contribution in [3.8, 4) is 5.69 Å². The molecule has 7 nitrogen and oxygen atoms in total. The van der Waals surface area contributed by atoms with Gasteiger partial charge in [0.25, 0.3) is 11.3 Å². The summed E-state index contributed by atoms with van der Waals surface area (Å²) >= 11 is 6.17. The van der Waals surface area contributed by atoms with E-state index in [0.29, 0.717) is 34.2 Å². The fourth-order valence-electron chi connectivity index (χ4n) is 2.64. The zero-order valence-electron chi connectivity index (χ0n) is 13.1. The van der Waals surface area contributed by atoms with Crippen LogP contribution >= 0.6 is 11.6 Å². The van der Waals surface area contributed by atoms with Crippen molar-refractivity contribution < 1.29 is 0 Å². The molecule has 1 aromatic carbocycles. The first-order chi connectivity index (χ1) is 11.6. The number of nitrogens with zero attached hydrogens (tertiary/aromatic N) is 6. The van der Waals surface area contributed by atoms with Crippen LogP contribution in [0.2, 0.25) is 5.02 Å². The molecule has 4 aromatic rings. The fraction of sp³-hybridized carbons (Fsp3) is 0.188. The summed E-state index contributed by atoms with van der Waals surface area (Å²) in [6.45, 7) is 3.83. The van der Waals surface area contributed by atoms with E-state index in [1.165, 1.54) is 4.57 Å². The average Bonchev–Trinajstić information content (AvgIpc) is 3.02. The number of fused-ring (bicyclic) bond motifs is 3. The molecule has 120 valence electrons. The molecule has 0 unspecified atom stereocenters. The Morgan fingerprint density at radius 2 is 2.04 bits per heavy atom. The van der Waals surface area contributed by atoms with Gasteiger partial charge in [-0.05, 0) is 30.7 Å². The Morgan fingerprint density at radius 1 is 1.21 bits per heavy atom. The predicted molar refractivity (Wildman–Crippen MR) is 90.8 cm³/mol. The van der Waals surface area contributed by atoms with E-state index in [1.54, 1.807) is 28.9 Å². The molecular weight excluding hydrogens is 328 g/mol. The molecule has 0 amide bonds. The maximum Gasteiger partial charge on any atom is 0.285 e. The first kappa shape index (κ1) is 14.8. The zero-order valence-corrected chi connectivity index (χ0v) is 13.8. The van der Waals surface area contributed by atoms with Crippen LogP contribution in [-0.2, 0) is 6.42 Å². The van der Waals surface area contributed by atoms with Gasteiger partial charge in [0.2, 0.25) is 0 Å². The third-order valence-corrected chi connectivity index (χ3v) is 4.37. The number of halogens is 1. The standard InChI is InChI=1S/C16H13ClN6O/c1-3-13-18-16-20-19-14-12(23(16)21-13)7-8-22(15(14)24)11-6-4-5-10(17)9(11)2/h4-8H,3H2,1-2H3. The molecular formula is C16H13ClN6O. The van der Waals surface area contributed by atoms with Crippen LogP contribution in [0.25, 0.3) is 22.5 Å². The summed E-state index contributed by atoms with van der Waals surface area (Å²) < 4.78 is 3.07. The Kier molecular flexibility index (Phi) is 3.31. The van der Waals surface area contributed by atoms with Crippen molar-refractivity contribution in [2.75, 3.05) is 0 Å². The van der Waals surface area contributed by atoms with E-state index in [9.17, 15) is 4.79 Å². The van der Waals surface area contributed by atoms with Gasteiger partial charge in [0.15, 0.2) is 11.3 Å². The van der Waals surface area contributed by atoms with Crippen molar-refractivity contribution in [2.24, 2.45) is 0 Å². The lowest BCUT2D eigenvalue weighted by molar-refractivity contribution is 0.883. The topological polar surface area (TPSA) is 78.0 Å². The number of aromatic nitrogens is 6. The first-order valence-corrected chi connectivity index (χ1v) is 7.87. The highest BCUT2D eigenvalue weighted by Gasteiger charge is 2.14. The van der Waals surface area contributed by atoms with Gasteiger partial charge in [0.05, 0.1) is 5.69 Å². The molecule has 0 atom stereocenters. The molecule has 0 radical (unpaired) electrons. The summed E-state index contributed by atoms with van der Waals surface area (Å²) in [5.74, 6) is 1.04. The van der Waals surface area contributed by atoms with E-state index in [1.807, 2.05) is 19.9 Å². The Labute approximate surface area is 141 Å². The van der Waals surface area contributed by atoms with Crippen LogP contribution in [0.1, 0.15) is 18.3 Å². The minimum atomic E-state index is -0.277. The van der Waals surface area contributed by atoms with Crippen LogP contribution in [0.15, 0.2) is 35.3 Å². The predicted octanol–water partition coefficient (Wildman–Crippen LogP) is 2.35. The Morgan fingerprint density at radius 3 is 2.83 bits per heavy atom. The molecule has 0 spiro atoms. The molecule has 0 bridgehead atoms.